The first kappa shape index (κ1) is 11.0. The number of nitrogens with zero attached hydrogens (tertiary/aromatic N) is 2. The van der Waals surface area contributed by atoms with E-state index in [0.29, 0.717) is 0 Å². The van der Waals surface area contributed by atoms with Gasteiger partial charge in [-0.25, -0.2) is 9.97 Å². The van der Waals surface area contributed by atoms with Crippen LogP contribution < -0.4 is 5.32 Å². The van der Waals surface area contributed by atoms with Crippen LogP contribution in [0.1, 0.15) is 5.56 Å². The van der Waals surface area contributed by atoms with Gasteiger partial charge in [0.1, 0.15) is 6.33 Å². The van der Waals surface area contributed by atoms with Gasteiger partial charge in [0.25, 0.3) is 0 Å². The molecule has 3 nitrogen and oxygen atoms in total. The van der Waals surface area contributed by atoms with E-state index in [4.69, 9.17) is 6.42 Å². The number of nitrogens with one attached hydrogen (secondary N) is 1. The van der Waals surface area contributed by atoms with E-state index in [-0.39, 0.29) is 0 Å². The van der Waals surface area contributed by atoms with E-state index in [0.717, 1.165) is 30.2 Å². The highest BCUT2D eigenvalue weighted by Crippen LogP contribution is 1.96. The van der Waals surface area contributed by atoms with Crippen LogP contribution in [0.15, 0.2) is 18.7 Å². The number of terminal acetylenes is 1. The lowest BCUT2D eigenvalue weighted by Crippen LogP contribution is -2.16. The smallest absolute Gasteiger partial charge is 0.115 e. The molecule has 0 aliphatic rings. The van der Waals surface area contributed by atoms with Gasteiger partial charge in [-0.1, -0.05) is 5.92 Å². The Labute approximate surface area is 88.7 Å². The molecule has 1 aromatic rings. The fraction of sp³-hybridized carbons (Fsp3) is 0.400. The lowest BCUT2D eigenvalue weighted by Gasteiger charge is -2.02. The van der Waals surface area contributed by atoms with Crippen molar-refractivity contribution in [3.05, 3.63) is 24.3 Å². The second-order valence-corrected chi connectivity index (χ2v) is 3.79. The van der Waals surface area contributed by atoms with E-state index in [2.05, 4.69) is 21.2 Å². The summed E-state index contributed by atoms with van der Waals surface area (Å²) >= 11 is 1.76. The Kier molecular flexibility index (Phi) is 5.80. The number of aromatic nitrogens is 2. The van der Waals surface area contributed by atoms with Crippen molar-refractivity contribution in [1.29, 1.82) is 0 Å². The van der Waals surface area contributed by atoms with Crippen molar-refractivity contribution in [2.24, 2.45) is 0 Å². The summed E-state index contributed by atoms with van der Waals surface area (Å²) in [7, 11) is 0. The molecule has 1 N–H and O–H groups in total. The molecular weight excluding hydrogens is 194 g/mol. The van der Waals surface area contributed by atoms with Gasteiger partial charge in [-0.3, -0.25) is 0 Å². The standard InChI is InChI=1S/C10H13N3S/c1-2-4-14-5-3-11-6-10-7-12-9-13-8-10/h1,7-9,11H,3-6H2. The first-order chi connectivity index (χ1) is 6.93. The largest absolute Gasteiger partial charge is 0.312 e. The van der Waals surface area contributed by atoms with Crippen LogP contribution in [0.5, 0.6) is 0 Å². The van der Waals surface area contributed by atoms with Gasteiger partial charge < -0.3 is 5.32 Å². The van der Waals surface area contributed by atoms with Crippen LogP contribution >= 0.6 is 11.8 Å². The predicted octanol–water partition coefficient (Wildman–Crippen LogP) is 0.933. The van der Waals surface area contributed by atoms with Crippen LogP contribution in [-0.2, 0) is 6.54 Å². The highest BCUT2D eigenvalue weighted by Gasteiger charge is 1.91. The molecule has 74 valence electrons. The quantitative estimate of drug-likeness (QED) is 0.556. The minimum Gasteiger partial charge on any atom is -0.312 e. The number of hydrogen-bond acceptors (Lipinski definition) is 4. The molecule has 0 aliphatic heterocycles. The summed E-state index contributed by atoms with van der Waals surface area (Å²) in [5.41, 5.74) is 1.11. The van der Waals surface area contributed by atoms with Crippen molar-refractivity contribution in [2.45, 2.75) is 6.54 Å². The van der Waals surface area contributed by atoms with E-state index in [9.17, 15) is 0 Å². The third-order valence-electron chi connectivity index (χ3n) is 1.55. The van der Waals surface area contributed by atoms with E-state index >= 15 is 0 Å². The van der Waals surface area contributed by atoms with Gasteiger partial charge in [-0.2, -0.15) is 0 Å². The summed E-state index contributed by atoms with van der Waals surface area (Å²) in [6, 6.07) is 0. The first-order valence-electron chi connectivity index (χ1n) is 4.39. The number of rotatable bonds is 6. The molecule has 0 aliphatic carbocycles. The normalized spacial score (nSPS) is 9.64. The van der Waals surface area contributed by atoms with Crippen molar-refractivity contribution in [1.82, 2.24) is 15.3 Å². The van der Waals surface area contributed by atoms with Gasteiger partial charge >= 0.3 is 0 Å². The Balaban J connectivity index is 2.03. The molecule has 0 fully saturated rings. The molecule has 1 heterocycles. The molecule has 0 aromatic carbocycles. The van der Waals surface area contributed by atoms with E-state index in [1.165, 1.54) is 6.33 Å². The van der Waals surface area contributed by atoms with Crippen molar-refractivity contribution in [3.8, 4) is 12.3 Å². The molecule has 0 spiro atoms. The van der Waals surface area contributed by atoms with Crippen LogP contribution in [0, 0.1) is 12.3 Å². The predicted molar refractivity (Wildman–Crippen MR) is 59.9 cm³/mol. The van der Waals surface area contributed by atoms with Crippen molar-refractivity contribution < 1.29 is 0 Å². The zero-order valence-corrected chi connectivity index (χ0v) is 8.76. The summed E-state index contributed by atoms with van der Waals surface area (Å²) in [6.45, 7) is 1.78. The average Bonchev–Trinajstić information content (AvgIpc) is 2.25. The Morgan fingerprint density at radius 3 is 2.93 bits per heavy atom. The van der Waals surface area contributed by atoms with Crippen LogP contribution in [0.3, 0.4) is 0 Å². The summed E-state index contributed by atoms with van der Waals surface area (Å²) in [4.78, 5) is 7.86. The van der Waals surface area contributed by atoms with Gasteiger partial charge in [0.05, 0.1) is 5.75 Å². The van der Waals surface area contributed by atoms with Crippen LogP contribution in [0.25, 0.3) is 0 Å². The van der Waals surface area contributed by atoms with Gasteiger partial charge in [0.2, 0.25) is 0 Å². The molecule has 0 saturated heterocycles. The maximum atomic E-state index is 5.13. The zero-order valence-electron chi connectivity index (χ0n) is 7.94. The molecule has 0 atom stereocenters. The summed E-state index contributed by atoms with van der Waals surface area (Å²) in [5.74, 6) is 4.42. The van der Waals surface area contributed by atoms with Crippen molar-refractivity contribution in [2.75, 3.05) is 18.1 Å². The maximum Gasteiger partial charge on any atom is 0.115 e. The highest BCUT2D eigenvalue weighted by molar-refractivity contribution is 7.99. The summed E-state index contributed by atoms with van der Waals surface area (Å²) < 4.78 is 0. The van der Waals surface area contributed by atoms with Crippen molar-refractivity contribution >= 4 is 11.8 Å². The maximum absolute atomic E-state index is 5.13. The third kappa shape index (κ3) is 4.85. The monoisotopic (exact) mass is 207 g/mol. The molecule has 0 saturated carbocycles. The Bertz CT molecular complexity index is 281. The molecule has 1 aromatic heterocycles. The lowest BCUT2D eigenvalue weighted by molar-refractivity contribution is 0.726. The van der Waals surface area contributed by atoms with Gasteiger partial charge in [-0.15, -0.1) is 18.2 Å². The van der Waals surface area contributed by atoms with E-state index < -0.39 is 0 Å². The second kappa shape index (κ2) is 7.36. The Hall–Kier alpha value is -1.05. The average molecular weight is 207 g/mol. The number of thioether (sulfide) groups is 1. The first-order valence-corrected chi connectivity index (χ1v) is 5.55. The summed E-state index contributed by atoms with van der Waals surface area (Å²) in [5, 5.41) is 3.29. The van der Waals surface area contributed by atoms with Gasteiger partial charge in [0, 0.05) is 36.8 Å². The SMILES string of the molecule is C#CCSCCNCc1cncnc1. The van der Waals surface area contributed by atoms with Gasteiger partial charge in [0.15, 0.2) is 0 Å². The fourth-order valence-electron chi connectivity index (χ4n) is 0.929. The molecule has 4 heteroatoms. The molecule has 0 unspecified atom stereocenters. The van der Waals surface area contributed by atoms with Crippen molar-refractivity contribution in [3.63, 3.8) is 0 Å². The van der Waals surface area contributed by atoms with Crippen LogP contribution in [0.4, 0.5) is 0 Å². The topological polar surface area (TPSA) is 37.8 Å². The second-order valence-electron chi connectivity index (χ2n) is 2.68. The Morgan fingerprint density at radius 1 is 1.43 bits per heavy atom. The molecule has 0 radical (unpaired) electrons. The van der Waals surface area contributed by atoms with Crippen LogP contribution in [0.2, 0.25) is 0 Å². The van der Waals surface area contributed by atoms with E-state index in [1.807, 2.05) is 12.4 Å². The van der Waals surface area contributed by atoms with Crippen LogP contribution in [-0.4, -0.2) is 28.0 Å². The number of hydrogen-bond donors (Lipinski definition) is 1. The molecular formula is C10H13N3S. The minimum atomic E-state index is 0.788. The molecule has 14 heavy (non-hydrogen) atoms. The molecule has 0 amide bonds. The summed E-state index contributed by atoms with van der Waals surface area (Å²) in [6.07, 6.45) is 10.3. The lowest BCUT2D eigenvalue weighted by atomic mass is 10.3. The zero-order chi connectivity index (χ0) is 10.1. The Morgan fingerprint density at radius 2 is 2.21 bits per heavy atom. The van der Waals surface area contributed by atoms with Gasteiger partial charge in [-0.05, 0) is 0 Å². The highest BCUT2D eigenvalue weighted by atomic mass is 32.2. The fourth-order valence-corrected chi connectivity index (χ4v) is 1.48. The molecule has 1 rings (SSSR count). The minimum absolute atomic E-state index is 0.788. The molecule has 0 bridgehead atoms. The third-order valence-corrected chi connectivity index (χ3v) is 2.42. The van der Waals surface area contributed by atoms with E-state index in [1.54, 1.807) is 11.8 Å².